The Hall–Kier alpha value is -4.62. The fourth-order valence-electron chi connectivity index (χ4n) is 7.66. The van der Waals surface area contributed by atoms with Gasteiger partial charge in [0, 0.05) is 56.7 Å². The van der Waals surface area contributed by atoms with Crippen LogP contribution in [0.5, 0.6) is 0 Å². The standard InChI is InChI=1S/C35H41N7O3/c1-20(39-19-21(2)42-28(18-36)15-27-16-31(27)42)17-35(33-40-34(44)45-41(33)6)29-11-9-23(22(3)37-4)13-24(29)7-8-25-14-26(32(43)38-5)10-12-30(25)35/h9-14,20,27-28,31,37,39H,2-3,7-8,15-17,19H2,1,4-6H3,(H,38,43)/t20-,27+,28?,31?,35?/m0/s1. The molecule has 0 radical (unpaired) electrons. The van der Waals surface area contributed by atoms with Gasteiger partial charge in [0.1, 0.15) is 6.04 Å². The van der Waals surface area contributed by atoms with Gasteiger partial charge in [0.05, 0.1) is 11.5 Å². The van der Waals surface area contributed by atoms with E-state index in [0.29, 0.717) is 42.7 Å². The van der Waals surface area contributed by atoms with Gasteiger partial charge in [-0.25, -0.2) is 4.79 Å². The number of nitrogens with zero attached hydrogens (tertiary/aromatic N) is 4. The second-order valence-electron chi connectivity index (χ2n) is 12.7. The summed E-state index contributed by atoms with van der Waals surface area (Å²) in [6.45, 7) is 11.2. The molecule has 10 nitrogen and oxygen atoms in total. The topological polar surface area (TPSA) is 128 Å². The maximum absolute atomic E-state index is 12.7. The van der Waals surface area contributed by atoms with Crippen LogP contribution in [-0.4, -0.2) is 59.3 Å². The Balaban J connectivity index is 1.46. The van der Waals surface area contributed by atoms with Crippen molar-refractivity contribution in [2.45, 2.75) is 62.6 Å². The lowest BCUT2D eigenvalue weighted by Gasteiger charge is -2.38. The molecule has 2 fully saturated rings. The van der Waals surface area contributed by atoms with Crippen molar-refractivity contribution in [2.24, 2.45) is 13.0 Å². The number of likely N-dealkylation sites (tertiary alicyclic amines) is 1. The minimum absolute atomic E-state index is 0.0731. The average Bonchev–Trinajstić information content (AvgIpc) is 3.61. The molecular weight excluding hydrogens is 566 g/mol. The van der Waals surface area contributed by atoms with Gasteiger partial charge >= 0.3 is 5.76 Å². The van der Waals surface area contributed by atoms with Crippen LogP contribution < -0.4 is 21.7 Å². The first kappa shape index (κ1) is 30.4. The summed E-state index contributed by atoms with van der Waals surface area (Å²) in [5.41, 5.74) is 6.55. The van der Waals surface area contributed by atoms with Gasteiger partial charge in [-0.3, -0.25) is 4.79 Å². The smallest absolute Gasteiger partial charge is 0.388 e. The third kappa shape index (κ3) is 5.25. The Labute approximate surface area is 263 Å². The minimum Gasteiger partial charge on any atom is -0.388 e. The van der Waals surface area contributed by atoms with Gasteiger partial charge in [0.25, 0.3) is 5.91 Å². The van der Waals surface area contributed by atoms with E-state index in [-0.39, 0.29) is 18.0 Å². The maximum Gasteiger partial charge on any atom is 0.459 e. The van der Waals surface area contributed by atoms with E-state index in [1.54, 1.807) is 14.1 Å². The van der Waals surface area contributed by atoms with E-state index in [9.17, 15) is 14.9 Å². The SMILES string of the molecule is C=C(NC)c1ccc2c(c1)CCc1cc(C(=O)NC)ccc1C2(C[C@H](C)NCC(=C)N1C(C#N)C[C@@H]2CC21)c1nc(=O)on1C. The van der Waals surface area contributed by atoms with Crippen molar-refractivity contribution in [1.29, 1.82) is 5.26 Å². The number of benzene rings is 2. The summed E-state index contributed by atoms with van der Waals surface area (Å²) in [7, 11) is 5.19. The second-order valence-corrected chi connectivity index (χ2v) is 12.7. The van der Waals surface area contributed by atoms with Crippen LogP contribution in [0.1, 0.15) is 70.2 Å². The molecule has 2 aliphatic carbocycles. The van der Waals surface area contributed by atoms with Crippen LogP contribution in [0.4, 0.5) is 0 Å². The molecule has 5 atom stereocenters. The van der Waals surface area contributed by atoms with Crippen LogP contribution in [0.2, 0.25) is 0 Å². The quantitative estimate of drug-likeness (QED) is 0.321. The molecule has 3 aliphatic rings. The molecule has 1 amide bonds. The van der Waals surface area contributed by atoms with Crippen LogP contribution in [0.25, 0.3) is 5.70 Å². The number of rotatable bonds is 10. The zero-order valence-corrected chi connectivity index (χ0v) is 26.4. The van der Waals surface area contributed by atoms with Gasteiger partial charge in [-0.05, 0) is 91.0 Å². The Bertz CT molecular complexity index is 1710. The van der Waals surface area contributed by atoms with Gasteiger partial charge in [-0.2, -0.15) is 15.0 Å². The van der Waals surface area contributed by atoms with Crippen molar-refractivity contribution in [3.63, 3.8) is 0 Å². The fraction of sp³-hybridized carbons (Fsp3) is 0.429. The second kappa shape index (κ2) is 11.7. The first-order valence-electron chi connectivity index (χ1n) is 15.6. The molecule has 3 unspecified atom stereocenters. The van der Waals surface area contributed by atoms with Gasteiger partial charge in [-0.15, -0.1) is 0 Å². The lowest BCUT2D eigenvalue weighted by atomic mass is 9.67. The number of carbonyl (C=O) groups is 1. The molecule has 3 N–H and O–H groups in total. The number of nitriles is 1. The molecule has 1 saturated heterocycles. The van der Waals surface area contributed by atoms with Gasteiger partial charge in [0.2, 0.25) is 0 Å². The molecule has 234 valence electrons. The number of amides is 1. The molecule has 1 saturated carbocycles. The molecule has 2 aromatic carbocycles. The summed E-state index contributed by atoms with van der Waals surface area (Å²) < 4.78 is 6.98. The molecular formula is C35H41N7O3. The zero-order chi connectivity index (χ0) is 32.0. The van der Waals surface area contributed by atoms with E-state index in [4.69, 9.17) is 4.52 Å². The molecule has 2 heterocycles. The Morgan fingerprint density at radius 1 is 1.11 bits per heavy atom. The summed E-state index contributed by atoms with van der Waals surface area (Å²) in [6.07, 6.45) is 4.00. The fourth-order valence-corrected chi connectivity index (χ4v) is 7.66. The molecule has 10 heteroatoms. The third-order valence-electron chi connectivity index (χ3n) is 9.91. The van der Waals surface area contributed by atoms with Crippen molar-refractivity contribution in [3.05, 3.63) is 105 Å². The number of piperidine rings is 1. The van der Waals surface area contributed by atoms with E-state index < -0.39 is 11.2 Å². The van der Waals surface area contributed by atoms with Crippen LogP contribution in [0, 0.1) is 17.2 Å². The normalized spacial score (nSPS) is 23.5. The molecule has 3 aromatic rings. The molecule has 45 heavy (non-hydrogen) atoms. The number of carbonyl (C=O) groups excluding carboxylic acids is 1. The molecule has 1 aliphatic heterocycles. The number of nitrogens with one attached hydrogen (secondary N) is 3. The Morgan fingerprint density at radius 3 is 2.38 bits per heavy atom. The Morgan fingerprint density at radius 2 is 1.78 bits per heavy atom. The van der Waals surface area contributed by atoms with Gasteiger partial charge < -0.3 is 25.4 Å². The van der Waals surface area contributed by atoms with E-state index in [1.807, 2.05) is 25.2 Å². The van der Waals surface area contributed by atoms with Crippen LogP contribution in [-0.2, 0) is 25.3 Å². The zero-order valence-electron chi connectivity index (χ0n) is 26.4. The van der Waals surface area contributed by atoms with Crippen molar-refractivity contribution in [2.75, 3.05) is 20.6 Å². The number of hydrogen-bond donors (Lipinski definition) is 3. The summed E-state index contributed by atoms with van der Waals surface area (Å²) in [5, 5.41) is 19.3. The highest BCUT2D eigenvalue weighted by molar-refractivity contribution is 5.94. The molecule has 0 spiro atoms. The highest BCUT2D eigenvalue weighted by Crippen LogP contribution is 2.50. The van der Waals surface area contributed by atoms with Gasteiger partial charge in [0.15, 0.2) is 5.82 Å². The summed E-state index contributed by atoms with van der Waals surface area (Å²) in [5.74, 6) is 0.284. The molecule has 6 rings (SSSR count). The minimum atomic E-state index is -0.888. The van der Waals surface area contributed by atoms with E-state index in [1.165, 1.54) is 4.74 Å². The van der Waals surface area contributed by atoms with Crippen molar-refractivity contribution in [1.82, 2.24) is 30.6 Å². The number of aromatic nitrogens is 2. The maximum atomic E-state index is 12.7. The summed E-state index contributed by atoms with van der Waals surface area (Å²) in [4.78, 5) is 32.1. The summed E-state index contributed by atoms with van der Waals surface area (Å²) >= 11 is 0. The number of fused-ring (bicyclic) bond motifs is 3. The number of hydrogen-bond acceptors (Lipinski definition) is 8. The average molecular weight is 608 g/mol. The monoisotopic (exact) mass is 607 g/mol. The number of aryl methyl sites for hydroxylation is 3. The lowest BCUT2D eigenvalue weighted by molar-refractivity contribution is 0.0963. The van der Waals surface area contributed by atoms with Crippen molar-refractivity contribution >= 4 is 11.6 Å². The van der Waals surface area contributed by atoms with Crippen LogP contribution in [0.15, 0.2) is 64.6 Å². The predicted octanol–water partition coefficient (Wildman–Crippen LogP) is 3.22. The van der Waals surface area contributed by atoms with E-state index in [0.717, 1.165) is 58.5 Å². The molecule has 0 bridgehead atoms. The highest BCUT2D eigenvalue weighted by atomic mass is 16.5. The third-order valence-corrected chi connectivity index (χ3v) is 9.91. The van der Waals surface area contributed by atoms with Gasteiger partial charge in [-0.1, -0.05) is 31.4 Å². The van der Waals surface area contributed by atoms with Crippen molar-refractivity contribution < 1.29 is 9.32 Å². The van der Waals surface area contributed by atoms with Crippen LogP contribution >= 0.6 is 0 Å². The summed E-state index contributed by atoms with van der Waals surface area (Å²) in [6, 6.07) is 14.8. The lowest BCUT2D eigenvalue weighted by Crippen LogP contribution is -2.43. The highest BCUT2D eigenvalue weighted by Gasteiger charge is 2.52. The van der Waals surface area contributed by atoms with Crippen molar-refractivity contribution in [3.8, 4) is 6.07 Å². The Kier molecular flexibility index (Phi) is 7.91. The van der Waals surface area contributed by atoms with E-state index >= 15 is 0 Å². The first-order valence-corrected chi connectivity index (χ1v) is 15.6. The predicted molar refractivity (Wildman–Crippen MR) is 172 cm³/mol. The van der Waals surface area contributed by atoms with E-state index in [2.05, 4.69) is 70.2 Å². The van der Waals surface area contributed by atoms with Crippen LogP contribution in [0.3, 0.4) is 0 Å². The molecule has 1 aromatic heterocycles. The largest absolute Gasteiger partial charge is 0.459 e. The first-order chi connectivity index (χ1) is 21.6.